The summed E-state index contributed by atoms with van der Waals surface area (Å²) in [6.07, 6.45) is 2.63. The molecular weight excluding hydrogens is 306 g/mol. The number of nitrogens with one attached hydrogen (secondary N) is 1. The first-order valence-electron chi connectivity index (χ1n) is 6.68. The zero-order chi connectivity index (χ0) is 13.2. The molecule has 0 radical (unpaired) electrons. The highest BCUT2D eigenvalue weighted by molar-refractivity contribution is 9.10. The summed E-state index contributed by atoms with van der Waals surface area (Å²) < 4.78 is 1.15. The number of hydrogen-bond donors (Lipinski definition) is 1. The summed E-state index contributed by atoms with van der Waals surface area (Å²) in [5.41, 5.74) is 0.420. The van der Waals surface area contributed by atoms with Crippen molar-refractivity contribution >= 4 is 27.7 Å². The molecule has 1 aromatic rings. The van der Waals surface area contributed by atoms with Gasteiger partial charge in [-0.3, -0.25) is 0 Å². The molecule has 2 rings (SSSR count). The first kappa shape index (κ1) is 14.4. The maximum absolute atomic E-state index is 3.69. The monoisotopic (exact) mass is 327 g/mol. The molecule has 0 heterocycles. The Morgan fingerprint density at radius 3 is 2.61 bits per heavy atom. The SMILES string of the molecule is CCNC1C(Sc2ccc(Br)cc2)CCC1(C)C. The predicted molar refractivity (Wildman–Crippen MR) is 84.3 cm³/mol. The predicted octanol–water partition coefficient (Wildman–Crippen LogP) is 4.71. The van der Waals surface area contributed by atoms with E-state index in [2.05, 4.69) is 66.3 Å². The van der Waals surface area contributed by atoms with Crippen molar-refractivity contribution in [2.75, 3.05) is 6.54 Å². The highest BCUT2D eigenvalue weighted by Gasteiger charge is 2.41. The molecule has 1 fully saturated rings. The molecule has 3 heteroatoms. The largest absolute Gasteiger partial charge is 0.313 e. The second-order valence-electron chi connectivity index (χ2n) is 5.67. The Hall–Kier alpha value is 0.01000. The minimum atomic E-state index is 0.420. The normalized spacial score (nSPS) is 26.4. The summed E-state index contributed by atoms with van der Waals surface area (Å²) in [6.45, 7) is 8.05. The van der Waals surface area contributed by atoms with Crippen LogP contribution >= 0.6 is 27.7 Å². The van der Waals surface area contributed by atoms with Gasteiger partial charge < -0.3 is 5.32 Å². The topological polar surface area (TPSA) is 12.0 Å². The van der Waals surface area contributed by atoms with Crippen molar-refractivity contribution < 1.29 is 0 Å². The second kappa shape index (κ2) is 5.98. The van der Waals surface area contributed by atoms with Gasteiger partial charge in [-0.1, -0.05) is 36.7 Å². The summed E-state index contributed by atoms with van der Waals surface area (Å²) in [5, 5.41) is 4.38. The zero-order valence-corrected chi connectivity index (χ0v) is 13.8. The van der Waals surface area contributed by atoms with Crippen LogP contribution in [0.15, 0.2) is 33.6 Å². The molecule has 1 saturated carbocycles. The van der Waals surface area contributed by atoms with E-state index in [9.17, 15) is 0 Å². The molecule has 1 N–H and O–H groups in total. The third kappa shape index (κ3) is 3.31. The van der Waals surface area contributed by atoms with E-state index in [1.807, 2.05) is 11.8 Å². The maximum Gasteiger partial charge on any atom is 0.0253 e. The first-order chi connectivity index (χ1) is 8.53. The smallest absolute Gasteiger partial charge is 0.0253 e. The van der Waals surface area contributed by atoms with E-state index in [0.717, 1.165) is 11.0 Å². The number of thioether (sulfide) groups is 1. The molecule has 0 spiro atoms. The van der Waals surface area contributed by atoms with Crippen LogP contribution in [0.25, 0.3) is 0 Å². The average molecular weight is 328 g/mol. The molecule has 1 aromatic carbocycles. The summed E-state index contributed by atoms with van der Waals surface area (Å²) in [6, 6.07) is 9.30. The van der Waals surface area contributed by atoms with Gasteiger partial charge in [0.15, 0.2) is 0 Å². The lowest BCUT2D eigenvalue weighted by Crippen LogP contribution is -2.43. The van der Waals surface area contributed by atoms with Gasteiger partial charge >= 0.3 is 0 Å². The summed E-state index contributed by atoms with van der Waals surface area (Å²) >= 11 is 5.52. The molecule has 0 amide bonds. The highest BCUT2D eigenvalue weighted by atomic mass is 79.9. The van der Waals surface area contributed by atoms with E-state index >= 15 is 0 Å². The summed E-state index contributed by atoms with van der Waals surface area (Å²) in [4.78, 5) is 1.38. The van der Waals surface area contributed by atoms with Crippen molar-refractivity contribution in [3.63, 3.8) is 0 Å². The molecule has 1 nitrogen and oxygen atoms in total. The average Bonchev–Trinajstić information content (AvgIpc) is 2.60. The van der Waals surface area contributed by atoms with E-state index < -0.39 is 0 Å². The lowest BCUT2D eigenvalue weighted by molar-refractivity contribution is 0.290. The van der Waals surface area contributed by atoms with Crippen LogP contribution in [0.1, 0.15) is 33.6 Å². The quantitative estimate of drug-likeness (QED) is 0.859. The number of halogens is 1. The second-order valence-corrected chi connectivity index (χ2v) is 7.90. The summed E-state index contributed by atoms with van der Waals surface area (Å²) in [5.74, 6) is 0. The van der Waals surface area contributed by atoms with Crippen LogP contribution in [0.5, 0.6) is 0 Å². The Morgan fingerprint density at radius 2 is 2.00 bits per heavy atom. The van der Waals surface area contributed by atoms with E-state index in [-0.39, 0.29) is 0 Å². The van der Waals surface area contributed by atoms with E-state index in [1.54, 1.807) is 0 Å². The number of rotatable bonds is 4. The first-order valence-corrected chi connectivity index (χ1v) is 8.36. The molecule has 2 unspecified atom stereocenters. The van der Waals surface area contributed by atoms with Gasteiger partial charge in [0.25, 0.3) is 0 Å². The van der Waals surface area contributed by atoms with Gasteiger partial charge in [-0.2, -0.15) is 0 Å². The van der Waals surface area contributed by atoms with Crippen LogP contribution in [0.2, 0.25) is 0 Å². The van der Waals surface area contributed by atoms with Gasteiger partial charge in [0, 0.05) is 20.7 Å². The van der Waals surface area contributed by atoms with Crippen LogP contribution in [-0.2, 0) is 0 Å². The molecule has 1 aliphatic rings. The molecule has 100 valence electrons. The van der Waals surface area contributed by atoms with Crippen LogP contribution < -0.4 is 5.32 Å². The fraction of sp³-hybridized carbons (Fsp3) is 0.600. The van der Waals surface area contributed by atoms with Crippen LogP contribution in [0.4, 0.5) is 0 Å². The molecule has 1 aliphatic carbocycles. The third-order valence-corrected chi connectivity index (χ3v) is 5.70. The molecule has 0 aromatic heterocycles. The van der Waals surface area contributed by atoms with Crippen molar-refractivity contribution in [1.82, 2.24) is 5.32 Å². The Labute approximate surface area is 123 Å². The number of benzene rings is 1. The molecule has 2 atom stereocenters. The molecule has 0 saturated heterocycles. The Bertz CT molecular complexity index is 388. The van der Waals surface area contributed by atoms with Crippen LogP contribution in [-0.4, -0.2) is 17.8 Å². The molecule has 18 heavy (non-hydrogen) atoms. The highest BCUT2D eigenvalue weighted by Crippen LogP contribution is 2.45. The van der Waals surface area contributed by atoms with Gasteiger partial charge in [-0.15, -0.1) is 11.8 Å². The lowest BCUT2D eigenvalue weighted by atomic mass is 9.87. The van der Waals surface area contributed by atoms with Crippen molar-refractivity contribution in [2.45, 2.75) is 49.8 Å². The third-order valence-electron chi connectivity index (χ3n) is 3.81. The van der Waals surface area contributed by atoms with Gasteiger partial charge in [0.05, 0.1) is 0 Å². The zero-order valence-electron chi connectivity index (χ0n) is 11.4. The van der Waals surface area contributed by atoms with E-state index in [0.29, 0.717) is 16.7 Å². The van der Waals surface area contributed by atoms with Gasteiger partial charge in [0.1, 0.15) is 0 Å². The van der Waals surface area contributed by atoms with Crippen molar-refractivity contribution in [3.05, 3.63) is 28.7 Å². The lowest BCUT2D eigenvalue weighted by Gasteiger charge is -2.31. The van der Waals surface area contributed by atoms with Gasteiger partial charge in [-0.25, -0.2) is 0 Å². The maximum atomic E-state index is 3.69. The number of hydrogen-bond acceptors (Lipinski definition) is 2. The minimum Gasteiger partial charge on any atom is -0.313 e. The van der Waals surface area contributed by atoms with Crippen LogP contribution in [0, 0.1) is 5.41 Å². The fourth-order valence-corrected chi connectivity index (χ4v) is 4.53. The van der Waals surface area contributed by atoms with E-state index in [1.165, 1.54) is 17.7 Å². The molecular formula is C15H22BrNS. The minimum absolute atomic E-state index is 0.420. The van der Waals surface area contributed by atoms with Crippen molar-refractivity contribution in [3.8, 4) is 0 Å². The van der Waals surface area contributed by atoms with Gasteiger partial charge in [-0.05, 0) is 49.1 Å². The Morgan fingerprint density at radius 1 is 1.33 bits per heavy atom. The summed E-state index contributed by atoms with van der Waals surface area (Å²) in [7, 11) is 0. The Kier molecular flexibility index (Phi) is 4.79. The van der Waals surface area contributed by atoms with E-state index in [4.69, 9.17) is 0 Å². The van der Waals surface area contributed by atoms with Crippen molar-refractivity contribution in [2.24, 2.45) is 5.41 Å². The molecule has 0 bridgehead atoms. The van der Waals surface area contributed by atoms with Crippen molar-refractivity contribution in [1.29, 1.82) is 0 Å². The van der Waals surface area contributed by atoms with Gasteiger partial charge in [0.2, 0.25) is 0 Å². The molecule has 0 aliphatic heterocycles. The fourth-order valence-electron chi connectivity index (χ4n) is 2.78. The van der Waals surface area contributed by atoms with Crippen LogP contribution in [0.3, 0.4) is 0 Å². The standard InChI is InChI=1S/C15H22BrNS/c1-4-17-14-13(9-10-15(14,2)3)18-12-7-5-11(16)6-8-12/h5-8,13-14,17H,4,9-10H2,1-3H3. The Balaban J connectivity index is 2.06.